The fourth-order valence-electron chi connectivity index (χ4n) is 5.83. The maximum atomic E-state index is 12.6. The number of hydrogen-bond donors (Lipinski definition) is 2. The molecule has 0 amide bonds. The molecule has 0 bridgehead atoms. The molecule has 0 aliphatic heterocycles. The van der Waals surface area contributed by atoms with Crippen molar-refractivity contribution in [3.8, 4) is 17.2 Å². The lowest BCUT2D eigenvalue weighted by molar-refractivity contribution is 0.296. The van der Waals surface area contributed by atoms with Gasteiger partial charge in [0, 0.05) is 51.6 Å². The smallest absolute Gasteiger partial charge is 0.437 e. The Morgan fingerprint density at radius 3 is 1.56 bits per heavy atom. The molecule has 6 aromatic heterocycles. The van der Waals surface area contributed by atoms with E-state index in [1.54, 1.807) is 65.7 Å². The highest BCUT2D eigenvalue weighted by atomic mass is 79.9. The zero-order valence-corrected chi connectivity index (χ0v) is 45.4. The molecule has 21 nitrogen and oxygen atoms in total. The number of halogens is 6. The van der Waals surface area contributed by atoms with Gasteiger partial charge in [0.25, 0.3) is 11.1 Å². The Balaban J connectivity index is 0.000000190. The highest BCUT2D eigenvalue weighted by Crippen LogP contribution is 2.18. The van der Waals surface area contributed by atoms with Crippen LogP contribution in [-0.2, 0) is 33.7 Å². The van der Waals surface area contributed by atoms with Crippen LogP contribution < -0.4 is 32.1 Å². The third-order valence-electron chi connectivity index (χ3n) is 9.14. The number of nitrogens with zero attached hydrogens (tertiary/aromatic N) is 11. The summed E-state index contributed by atoms with van der Waals surface area (Å²) in [5.74, 6) is 0.684. The maximum absolute atomic E-state index is 12.6. The number of hydrogen-bond acceptors (Lipinski definition) is 15. The first-order valence-corrected chi connectivity index (χ1v) is 25.9. The lowest BCUT2D eigenvalue weighted by Crippen LogP contribution is -2.22. The summed E-state index contributed by atoms with van der Waals surface area (Å²) in [5.41, 5.74) is 0.929. The Hall–Kier alpha value is -6.05. The SMILES string of the molecule is BrCCCBr.Clc1cccc(OCCCBr)c1.Cn1cnc2ncn(Cc3n[nH]c(=O)o3)c(=O)c21.Cn1cnc2ncn(Cc3nn(CCCOc4cccc(Cl)c4)c(=O)o3)c(=O)c21.Oc1cccc(Cl)c1. The van der Waals surface area contributed by atoms with Crippen LogP contribution in [0, 0.1) is 0 Å². The minimum atomic E-state index is -0.660. The van der Waals surface area contributed by atoms with Crippen LogP contribution in [0.25, 0.3) is 22.3 Å². The molecule has 3 aromatic carbocycles. The van der Waals surface area contributed by atoms with E-state index in [4.69, 9.17) is 58.2 Å². The molecule has 0 atom stereocenters. The standard InChI is InChI=1S/C18H17ClN6O4.C9H10BrClO.C9H8N6O3.C6H5ClO.C3H6Br2/c1-23-10-20-16-15(23)17(26)24(11-21-16)9-14-22-25(18(27)29-14)6-3-7-28-13-5-2-4-12(19)8-13;10-5-2-6-12-9-4-1-3-8(11)7-9;1-14-3-10-7-6(14)8(16)15(4-11-7)2-5-12-13-9(17)18-5;7-5-2-1-3-6(8)4-5;4-2-1-3-5/h2,4-5,8,10-11H,3,6-7,9H2,1H3;1,3-4,7H,2,5-6H2;3-4H,2H2,1H3,(H,13,17);1-4,8H;1-3H2. The number of aromatic hydroxyl groups is 1. The number of rotatable bonds is 15. The molecule has 9 rings (SSSR count). The zero-order chi connectivity index (χ0) is 52.0. The van der Waals surface area contributed by atoms with E-state index < -0.39 is 11.5 Å². The van der Waals surface area contributed by atoms with E-state index in [1.165, 1.54) is 51.6 Å². The van der Waals surface area contributed by atoms with Crippen molar-refractivity contribution in [1.29, 1.82) is 0 Å². The average molecular weight is 1250 g/mol. The van der Waals surface area contributed by atoms with Gasteiger partial charge >= 0.3 is 11.5 Å². The number of ether oxygens (including phenoxy) is 2. The summed E-state index contributed by atoms with van der Waals surface area (Å²) in [5, 5.41) is 23.7. The fraction of sp³-hybridized carbons (Fsp3) is 0.289. The quantitative estimate of drug-likeness (QED) is 0.0728. The summed E-state index contributed by atoms with van der Waals surface area (Å²) in [6.07, 6.45) is 8.50. The fourth-order valence-corrected chi connectivity index (χ4v) is 7.92. The first-order valence-electron chi connectivity index (χ1n) is 21.4. The van der Waals surface area contributed by atoms with Crippen LogP contribution in [0.15, 0.2) is 126 Å². The van der Waals surface area contributed by atoms with Crippen LogP contribution in [0.4, 0.5) is 0 Å². The van der Waals surface area contributed by atoms with Crippen molar-refractivity contribution in [2.75, 3.05) is 29.2 Å². The van der Waals surface area contributed by atoms with Gasteiger partial charge in [0.2, 0.25) is 11.8 Å². The number of alkyl halides is 3. The number of fused-ring (bicyclic) bond motifs is 2. The summed E-state index contributed by atoms with van der Waals surface area (Å²) in [7, 11) is 3.42. The van der Waals surface area contributed by atoms with Gasteiger partial charge in [0.05, 0.1) is 32.4 Å². The zero-order valence-electron chi connectivity index (χ0n) is 38.4. The van der Waals surface area contributed by atoms with Gasteiger partial charge in [-0.25, -0.2) is 34.6 Å². The van der Waals surface area contributed by atoms with Crippen LogP contribution in [0.3, 0.4) is 0 Å². The molecular weight excluding hydrogens is 1200 g/mol. The van der Waals surface area contributed by atoms with Crippen LogP contribution in [-0.4, -0.2) is 92.5 Å². The van der Waals surface area contributed by atoms with Crippen molar-refractivity contribution in [1.82, 2.24) is 58.2 Å². The number of nitrogens with one attached hydrogen (secondary N) is 1. The van der Waals surface area contributed by atoms with E-state index in [1.807, 2.05) is 24.3 Å². The van der Waals surface area contributed by atoms with Crippen molar-refractivity contribution in [3.63, 3.8) is 0 Å². The second kappa shape index (κ2) is 29.5. The predicted molar refractivity (Wildman–Crippen MR) is 284 cm³/mol. The first-order chi connectivity index (χ1) is 34.7. The summed E-state index contributed by atoms with van der Waals surface area (Å²) < 4.78 is 27.9. The highest BCUT2D eigenvalue weighted by molar-refractivity contribution is 9.09. The molecule has 0 spiro atoms. The number of aryl methyl sites for hydroxylation is 3. The Bertz CT molecular complexity index is 3330. The Kier molecular flexibility index (Phi) is 23.3. The second-order valence-corrected chi connectivity index (χ2v) is 18.3. The number of phenols is 1. The monoisotopic (exact) mass is 1240 g/mol. The number of H-pyrrole nitrogens is 1. The Morgan fingerprint density at radius 2 is 1.11 bits per heavy atom. The molecule has 0 saturated carbocycles. The third-order valence-corrected chi connectivity index (χ3v) is 11.5. The minimum Gasteiger partial charge on any atom is -0.508 e. The average Bonchev–Trinajstić information content (AvgIpc) is 4.14. The normalized spacial score (nSPS) is 10.6. The number of aromatic amines is 1. The third kappa shape index (κ3) is 17.9. The van der Waals surface area contributed by atoms with Gasteiger partial charge in [0.1, 0.15) is 43.0 Å². The van der Waals surface area contributed by atoms with Crippen molar-refractivity contribution < 1.29 is 23.4 Å². The molecule has 0 aliphatic carbocycles. The van der Waals surface area contributed by atoms with E-state index in [2.05, 4.69) is 83.0 Å². The number of benzene rings is 3. The molecule has 27 heteroatoms. The van der Waals surface area contributed by atoms with Crippen LogP contribution in [0.1, 0.15) is 31.0 Å². The molecule has 0 radical (unpaired) electrons. The molecule has 0 unspecified atom stereocenters. The molecule has 2 N–H and O–H groups in total. The van der Waals surface area contributed by atoms with E-state index in [0.29, 0.717) is 62.7 Å². The van der Waals surface area contributed by atoms with Crippen molar-refractivity contribution in [3.05, 3.63) is 167 Å². The van der Waals surface area contributed by atoms with E-state index in [9.17, 15) is 19.2 Å². The topological polar surface area (TPSA) is 251 Å². The molecule has 0 aliphatic rings. The van der Waals surface area contributed by atoms with Crippen molar-refractivity contribution in [2.24, 2.45) is 14.1 Å². The summed E-state index contributed by atoms with van der Waals surface area (Å²) in [6.45, 7) is 1.46. The van der Waals surface area contributed by atoms with E-state index >= 15 is 0 Å². The van der Waals surface area contributed by atoms with Crippen molar-refractivity contribution in [2.45, 2.75) is 38.9 Å². The summed E-state index contributed by atoms with van der Waals surface area (Å²) in [6, 6.07) is 21.0. The predicted octanol–water partition coefficient (Wildman–Crippen LogP) is 8.02. The van der Waals surface area contributed by atoms with Gasteiger partial charge in [-0.05, 0) is 67.4 Å². The largest absolute Gasteiger partial charge is 0.508 e. The van der Waals surface area contributed by atoms with E-state index in [0.717, 1.165) is 34.8 Å². The lowest BCUT2D eigenvalue weighted by Gasteiger charge is -2.05. The van der Waals surface area contributed by atoms with Crippen molar-refractivity contribution >= 4 is 105 Å². The van der Waals surface area contributed by atoms with Gasteiger partial charge in [-0.2, -0.15) is 4.68 Å². The second-order valence-electron chi connectivity index (χ2n) is 14.6. The maximum Gasteiger partial charge on any atom is 0.437 e. The van der Waals surface area contributed by atoms with Gasteiger partial charge in [-0.3, -0.25) is 18.7 Å². The minimum absolute atomic E-state index is 0.00575. The van der Waals surface area contributed by atoms with Crippen LogP contribution in [0.2, 0.25) is 15.1 Å². The Labute approximate surface area is 449 Å². The van der Waals surface area contributed by atoms with Crippen LogP contribution in [0.5, 0.6) is 17.2 Å². The van der Waals surface area contributed by atoms with Gasteiger partial charge in [0.15, 0.2) is 22.3 Å². The molecule has 6 heterocycles. The molecule has 382 valence electrons. The number of phenolic OH excluding ortho intramolecular Hbond substituents is 1. The van der Waals surface area contributed by atoms with Crippen LogP contribution >= 0.6 is 82.6 Å². The summed E-state index contributed by atoms with van der Waals surface area (Å²) >= 11 is 27.1. The van der Waals surface area contributed by atoms with Gasteiger partial charge in [-0.1, -0.05) is 101 Å². The molecule has 72 heavy (non-hydrogen) atoms. The Morgan fingerprint density at radius 1 is 0.625 bits per heavy atom. The number of imidazole rings is 2. The van der Waals surface area contributed by atoms with Gasteiger partial charge < -0.3 is 32.5 Å². The molecule has 0 saturated heterocycles. The first kappa shape index (κ1) is 56.9. The molecular formula is C45H46Br3Cl3N12O9. The highest BCUT2D eigenvalue weighted by Gasteiger charge is 2.14. The summed E-state index contributed by atoms with van der Waals surface area (Å²) in [4.78, 5) is 63.7. The lowest BCUT2D eigenvalue weighted by atomic mass is 10.3. The molecule has 0 fully saturated rings. The van der Waals surface area contributed by atoms with Gasteiger partial charge in [-0.15, -0.1) is 10.2 Å². The van der Waals surface area contributed by atoms with E-state index in [-0.39, 0.29) is 41.7 Å². The molecule has 9 aromatic rings. The number of aromatic nitrogens is 12.